The third-order valence-corrected chi connectivity index (χ3v) is 4.14. The van der Waals surface area contributed by atoms with E-state index in [1.54, 1.807) is 12.1 Å². The molecule has 0 bridgehead atoms. The smallest absolute Gasteiger partial charge is 0.363 e. The Morgan fingerprint density at radius 3 is 2.52 bits per heavy atom. The Bertz CT molecular complexity index is 857. The van der Waals surface area contributed by atoms with E-state index in [0.29, 0.717) is 15.6 Å². The Hall–Kier alpha value is -1.88. The number of aliphatic imine (C=N–C) groups is 1. The topological polar surface area (TPSA) is 38.7 Å². The number of ether oxygens (including phenoxy) is 1. The predicted molar refractivity (Wildman–Crippen MR) is 88.5 cm³/mol. The number of esters is 1. The van der Waals surface area contributed by atoms with Crippen LogP contribution >= 0.6 is 34.8 Å². The summed E-state index contributed by atoms with van der Waals surface area (Å²) in [7, 11) is 0. The molecule has 1 aliphatic heterocycles. The van der Waals surface area contributed by atoms with Gasteiger partial charge in [0.15, 0.2) is 5.70 Å². The predicted octanol–water partition coefficient (Wildman–Crippen LogP) is 5.13. The molecule has 7 heteroatoms. The van der Waals surface area contributed by atoms with Crippen LogP contribution in [0.2, 0.25) is 15.1 Å². The molecule has 0 aliphatic carbocycles. The van der Waals surface area contributed by atoms with E-state index in [1.165, 1.54) is 30.3 Å². The van der Waals surface area contributed by atoms with Crippen molar-refractivity contribution in [1.82, 2.24) is 0 Å². The van der Waals surface area contributed by atoms with Crippen LogP contribution in [0.3, 0.4) is 0 Å². The van der Waals surface area contributed by atoms with Gasteiger partial charge in [-0.3, -0.25) is 0 Å². The molecule has 23 heavy (non-hydrogen) atoms. The van der Waals surface area contributed by atoms with Crippen molar-refractivity contribution in [3.63, 3.8) is 0 Å². The molecule has 3 nitrogen and oxygen atoms in total. The van der Waals surface area contributed by atoms with Crippen LogP contribution in [0.1, 0.15) is 11.1 Å². The summed E-state index contributed by atoms with van der Waals surface area (Å²) in [5.41, 5.74) is 0.495. The maximum absolute atomic E-state index is 13.8. The molecule has 0 radical (unpaired) electrons. The number of hydrogen-bond donors (Lipinski definition) is 0. The first kappa shape index (κ1) is 16.0. The quantitative estimate of drug-likeness (QED) is 0.543. The molecule has 0 saturated carbocycles. The number of hydrogen-bond acceptors (Lipinski definition) is 3. The van der Waals surface area contributed by atoms with E-state index in [0.717, 1.165) is 0 Å². The molecule has 2 aromatic carbocycles. The first-order chi connectivity index (χ1) is 11.0. The third kappa shape index (κ3) is 3.24. The van der Waals surface area contributed by atoms with Gasteiger partial charge < -0.3 is 4.74 Å². The molecule has 116 valence electrons. The van der Waals surface area contributed by atoms with E-state index in [9.17, 15) is 9.18 Å². The van der Waals surface area contributed by atoms with Crippen molar-refractivity contribution in [3.05, 3.63) is 74.1 Å². The van der Waals surface area contributed by atoms with Gasteiger partial charge in [-0.05, 0) is 36.4 Å². The zero-order chi connectivity index (χ0) is 16.6. The van der Waals surface area contributed by atoms with Crippen LogP contribution in [0.5, 0.6) is 0 Å². The van der Waals surface area contributed by atoms with Crippen LogP contribution in [-0.4, -0.2) is 11.9 Å². The lowest BCUT2D eigenvalue weighted by atomic mass is 10.2. The highest BCUT2D eigenvalue weighted by molar-refractivity contribution is 6.42. The molecule has 1 aliphatic rings. The van der Waals surface area contributed by atoms with Gasteiger partial charge in [0.25, 0.3) is 0 Å². The van der Waals surface area contributed by atoms with Crippen molar-refractivity contribution < 1.29 is 13.9 Å². The minimum absolute atomic E-state index is 0.0573. The summed E-state index contributed by atoms with van der Waals surface area (Å²) in [4.78, 5) is 16.0. The Morgan fingerprint density at radius 1 is 1.04 bits per heavy atom. The second-order valence-corrected chi connectivity index (χ2v) is 5.82. The fourth-order valence-electron chi connectivity index (χ4n) is 1.95. The molecule has 3 rings (SSSR count). The summed E-state index contributed by atoms with van der Waals surface area (Å²) < 4.78 is 18.9. The van der Waals surface area contributed by atoms with Crippen LogP contribution in [-0.2, 0) is 9.53 Å². The highest BCUT2D eigenvalue weighted by atomic mass is 35.5. The van der Waals surface area contributed by atoms with Gasteiger partial charge in [0.05, 0.1) is 15.1 Å². The minimum Gasteiger partial charge on any atom is -0.402 e. The largest absolute Gasteiger partial charge is 0.402 e. The highest BCUT2D eigenvalue weighted by Crippen LogP contribution is 2.27. The first-order valence-electron chi connectivity index (χ1n) is 6.37. The Kier molecular flexibility index (Phi) is 4.39. The number of cyclic esters (lactones) is 1. The van der Waals surface area contributed by atoms with Gasteiger partial charge in [-0.25, -0.2) is 14.2 Å². The molecule has 1 heterocycles. The second kappa shape index (κ2) is 6.32. The maximum atomic E-state index is 13.8. The normalized spacial score (nSPS) is 15.7. The van der Waals surface area contributed by atoms with Crippen LogP contribution in [0.4, 0.5) is 4.39 Å². The fourth-order valence-corrected chi connectivity index (χ4v) is 2.46. The van der Waals surface area contributed by atoms with Crippen LogP contribution in [0, 0.1) is 5.82 Å². The highest BCUT2D eigenvalue weighted by Gasteiger charge is 2.25. The zero-order valence-electron chi connectivity index (χ0n) is 11.3. The summed E-state index contributed by atoms with van der Waals surface area (Å²) in [6.07, 6.45) is 1.24. The van der Waals surface area contributed by atoms with Gasteiger partial charge in [0.1, 0.15) is 5.82 Å². The SMILES string of the molecule is O=C1OC(c2ccc(Cl)c(Cl)c2)=NC1=Cc1c(F)cccc1Cl. The number of nitrogens with zero attached hydrogens (tertiary/aromatic N) is 1. The van der Waals surface area contributed by atoms with Crippen molar-refractivity contribution in [2.45, 2.75) is 0 Å². The average molecular weight is 371 g/mol. The van der Waals surface area contributed by atoms with E-state index in [2.05, 4.69) is 4.99 Å². The molecule has 0 atom stereocenters. The second-order valence-electron chi connectivity index (χ2n) is 4.60. The van der Waals surface area contributed by atoms with E-state index < -0.39 is 11.8 Å². The molecule has 0 unspecified atom stereocenters. The number of carbonyl (C=O) groups is 1. The summed E-state index contributed by atoms with van der Waals surface area (Å²) in [5, 5.41) is 0.843. The lowest BCUT2D eigenvalue weighted by Crippen LogP contribution is -2.05. The maximum Gasteiger partial charge on any atom is 0.363 e. The average Bonchev–Trinajstić information content (AvgIpc) is 2.87. The monoisotopic (exact) mass is 369 g/mol. The fraction of sp³-hybridized carbons (Fsp3) is 0. The van der Waals surface area contributed by atoms with Crippen molar-refractivity contribution in [3.8, 4) is 0 Å². The van der Waals surface area contributed by atoms with Gasteiger partial charge in [-0.15, -0.1) is 0 Å². The summed E-state index contributed by atoms with van der Waals surface area (Å²) >= 11 is 17.7. The molecule has 0 aromatic heterocycles. The summed E-state index contributed by atoms with van der Waals surface area (Å²) in [5.74, 6) is -1.20. The first-order valence-corrected chi connectivity index (χ1v) is 7.51. The van der Waals surface area contributed by atoms with Crippen molar-refractivity contribution in [2.24, 2.45) is 4.99 Å². The number of carbonyl (C=O) groups excluding carboxylic acids is 1. The van der Waals surface area contributed by atoms with E-state index in [4.69, 9.17) is 39.5 Å². The third-order valence-electron chi connectivity index (χ3n) is 3.07. The van der Waals surface area contributed by atoms with Gasteiger partial charge in [-0.2, -0.15) is 0 Å². The molecular weight excluding hydrogens is 364 g/mol. The lowest BCUT2D eigenvalue weighted by molar-refractivity contribution is -0.129. The Morgan fingerprint density at radius 2 is 1.83 bits per heavy atom. The molecule has 0 fully saturated rings. The molecule has 0 amide bonds. The van der Waals surface area contributed by atoms with Gasteiger partial charge >= 0.3 is 5.97 Å². The Labute approximate surface area is 145 Å². The van der Waals surface area contributed by atoms with Gasteiger partial charge in [0, 0.05) is 11.1 Å². The number of halogens is 4. The number of benzene rings is 2. The van der Waals surface area contributed by atoms with Gasteiger partial charge in [-0.1, -0.05) is 40.9 Å². The molecule has 0 N–H and O–H groups in total. The minimum atomic E-state index is -0.703. The standard InChI is InChI=1S/C16H7Cl3FNO2/c17-10-2-1-3-13(20)9(10)7-14-16(22)23-15(21-14)8-4-5-11(18)12(19)6-8/h1-7H. The van der Waals surface area contributed by atoms with Crippen LogP contribution in [0.15, 0.2) is 47.1 Å². The number of rotatable bonds is 2. The zero-order valence-corrected chi connectivity index (χ0v) is 13.6. The van der Waals surface area contributed by atoms with Crippen LogP contribution in [0.25, 0.3) is 6.08 Å². The van der Waals surface area contributed by atoms with Crippen molar-refractivity contribution in [2.75, 3.05) is 0 Å². The van der Waals surface area contributed by atoms with E-state index in [1.807, 2.05) is 0 Å². The molecule has 0 saturated heterocycles. The molecular formula is C16H7Cl3FNO2. The van der Waals surface area contributed by atoms with E-state index in [-0.39, 0.29) is 22.2 Å². The summed E-state index contributed by atoms with van der Waals surface area (Å²) in [6, 6.07) is 8.92. The Balaban J connectivity index is 2.01. The molecule has 0 spiro atoms. The van der Waals surface area contributed by atoms with Crippen molar-refractivity contribution >= 4 is 52.7 Å². The van der Waals surface area contributed by atoms with Crippen molar-refractivity contribution in [1.29, 1.82) is 0 Å². The molecule has 2 aromatic rings. The lowest BCUT2D eigenvalue weighted by Gasteiger charge is -2.01. The van der Waals surface area contributed by atoms with Crippen LogP contribution < -0.4 is 0 Å². The summed E-state index contributed by atoms with van der Waals surface area (Å²) in [6.45, 7) is 0. The van der Waals surface area contributed by atoms with E-state index >= 15 is 0 Å². The van der Waals surface area contributed by atoms with Gasteiger partial charge in [0.2, 0.25) is 5.90 Å².